The lowest BCUT2D eigenvalue weighted by Crippen LogP contribution is -2.37. The topological polar surface area (TPSA) is 69.6 Å². The number of benzene rings is 1. The summed E-state index contributed by atoms with van der Waals surface area (Å²) < 4.78 is 0. The number of hydrogen-bond acceptors (Lipinski definition) is 4. The van der Waals surface area contributed by atoms with Gasteiger partial charge < -0.3 is 15.3 Å². The molecular formula is C17H22Cl2N2O3. The Hall–Kier alpha value is -1.14. The molecule has 1 aromatic carbocycles. The molecule has 1 amide bonds. The average molecular weight is 373 g/mol. The zero-order valence-corrected chi connectivity index (χ0v) is 14.9. The van der Waals surface area contributed by atoms with Gasteiger partial charge in [0, 0.05) is 25.2 Å². The van der Waals surface area contributed by atoms with Gasteiger partial charge in [0.2, 0.25) is 5.78 Å². The number of hydrogen-bond donors (Lipinski definition) is 2. The van der Waals surface area contributed by atoms with Gasteiger partial charge >= 0.3 is 0 Å². The normalized spacial score (nSPS) is 18.4. The Kier molecular flexibility index (Phi) is 7.49. The number of rotatable bonds is 7. The molecule has 7 heteroatoms. The van der Waals surface area contributed by atoms with Crippen molar-refractivity contribution in [2.24, 2.45) is 5.92 Å². The first-order valence-corrected chi connectivity index (χ1v) is 8.87. The van der Waals surface area contributed by atoms with Gasteiger partial charge in [-0.2, -0.15) is 0 Å². The maximum atomic E-state index is 12.0. The van der Waals surface area contributed by atoms with E-state index in [0.29, 0.717) is 34.6 Å². The van der Waals surface area contributed by atoms with Crippen LogP contribution < -0.4 is 5.32 Å². The number of nitrogens with zero attached hydrogens (tertiary/aromatic N) is 1. The molecule has 1 unspecified atom stereocenters. The highest BCUT2D eigenvalue weighted by atomic mass is 35.5. The maximum Gasteiger partial charge on any atom is 0.291 e. The van der Waals surface area contributed by atoms with Crippen LogP contribution in [0.15, 0.2) is 18.2 Å². The number of carbonyl (C=O) groups excluding carboxylic acids is 2. The number of Topliss-reactive ketones (excluding diaryl/α,β-unsaturated/α-hetero) is 1. The van der Waals surface area contributed by atoms with E-state index in [9.17, 15) is 9.59 Å². The largest absolute Gasteiger partial charge is 0.395 e. The molecule has 1 fully saturated rings. The molecule has 0 saturated carbocycles. The summed E-state index contributed by atoms with van der Waals surface area (Å²) in [4.78, 5) is 26.2. The van der Waals surface area contributed by atoms with Crippen molar-refractivity contribution in [3.05, 3.63) is 28.2 Å². The summed E-state index contributed by atoms with van der Waals surface area (Å²) in [6.07, 6.45) is 3.04. The van der Waals surface area contributed by atoms with Crippen molar-refractivity contribution in [1.82, 2.24) is 4.90 Å². The van der Waals surface area contributed by atoms with E-state index in [2.05, 4.69) is 10.2 Å². The first kappa shape index (κ1) is 19.2. The lowest BCUT2D eigenvalue weighted by Gasteiger charge is -2.32. The Morgan fingerprint density at radius 2 is 2.08 bits per heavy atom. The van der Waals surface area contributed by atoms with Crippen molar-refractivity contribution in [2.45, 2.75) is 25.7 Å². The van der Waals surface area contributed by atoms with Crippen molar-refractivity contribution in [3.63, 3.8) is 0 Å². The Bertz CT molecular complexity index is 593. The summed E-state index contributed by atoms with van der Waals surface area (Å²) in [6, 6.07) is 4.69. The molecule has 0 radical (unpaired) electrons. The van der Waals surface area contributed by atoms with E-state index in [-0.39, 0.29) is 13.0 Å². The zero-order chi connectivity index (χ0) is 17.5. The fourth-order valence-corrected chi connectivity index (χ4v) is 3.25. The molecule has 0 aliphatic carbocycles. The summed E-state index contributed by atoms with van der Waals surface area (Å²) in [5.74, 6) is -0.663. The van der Waals surface area contributed by atoms with E-state index >= 15 is 0 Å². The minimum Gasteiger partial charge on any atom is -0.395 e. The SMILES string of the molecule is O=C(CCC1CCCN(CCO)C1)C(=O)Nc1ccc(Cl)c(Cl)c1. The molecule has 1 atom stereocenters. The van der Waals surface area contributed by atoms with Crippen molar-refractivity contribution < 1.29 is 14.7 Å². The van der Waals surface area contributed by atoms with Gasteiger partial charge in [0.25, 0.3) is 5.91 Å². The second kappa shape index (κ2) is 9.37. The van der Waals surface area contributed by atoms with Crippen LogP contribution in [0, 0.1) is 5.92 Å². The molecule has 1 heterocycles. The van der Waals surface area contributed by atoms with Crippen LogP contribution in [0.4, 0.5) is 5.69 Å². The number of halogens is 2. The van der Waals surface area contributed by atoms with Crippen molar-refractivity contribution in [1.29, 1.82) is 0 Å². The number of likely N-dealkylation sites (tertiary alicyclic amines) is 1. The van der Waals surface area contributed by atoms with Crippen LogP contribution in [0.1, 0.15) is 25.7 Å². The molecule has 24 heavy (non-hydrogen) atoms. The van der Waals surface area contributed by atoms with Crippen LogP contribution in [0.2, 0.25) is 10.0 Å². The van der Waals surface area contributed by atoms with Gasteiger partial charge in [-0.1, -0.05) is 23.2 Å². The second-order valence-corrected chi connectivity index (χ2v) is 6.89. The number of carbonyl (C=O) groups is 2. The quantitative estimate of drug-likeness (QED) is 0.721. The van der Waals surface area contributed by atoms with Crippen LogP contribution in [-0.2, 0) is 9.59 Å². The predicted molar refractivity (Wildman–Crippen MR) is 95.6 cm³/mol. The fourth-order valence-electron chi connectivity index (χ4n) is 2.95. The lowest BCUT2D eigenvalue weighted by molar-refractivity contribution is -0.135. The Morgan fingerprint density at radius 1 is 1.29 bits per heavy atom. The minimum atomic E-state index is -0.628. The van der Waals surface area contributed by atoms with E-state index in [0.717, 1.165) is 25.9 Å². The molecule has 0 spiro atoms. The van der Waals surface area contributed by atoms with Crippen molar-refractivity contribution in [2.75, 3.05) is 31.6 Å². The molecule has 1 aliphatic heterocycles. The van der Waals surface area contributed by atoms with Crippen LogP contribution >= 0.6 is 23.2 Å². The van der Waals surface area contributed by atoms with E-state index in [1.54, 1.807) is 12.1 Å². The van der Waals surface area contributed by atoms with E-state index in [4.69, 9.17) is 28.3 Å². The number of aliphatic hydroxyl groups is 1. The average Bonchev–Trinajstić information content (AvgIpc) is 2.56. The van der Waals surface area contributed by atoms with Gasteiger partial charge in [-0.15, -0.1) is 0 Å². The number of nitrogens with one attached hydrogen (secondary N) is 1. The summed E-state index contributed by atoms with van der Waals surface area (Å²) in [6.45, 7) is 2.69. The minimum absolute atomic E-state index is 0.151. The number of piperidine rings is 1. The molecule has 1 aliphatic rings. The summed E-state index contributed by atoms with van der Waals surface area (Å²) >= 11 is 11.7. The molecular weight excluding hydrogens is 351 g/mol. The molecule has 1 aromatic rings. The smallest absolute Gasteiger partial charge is 0.291 e. The monoisotopic (exact) mass is 372 g/mol. The van der Waals surface area contributed by atoms with E-state index < -0.39 is 11.7 Å². The van der Waals surface area contributed by atoms with Gasteiger partial charge in [0.1, 0.15) is 0 Å². The maximum absolute atomic E-state index is 12.0. The summed E-state index contributed by atoms with van der Waals surface area (Å²) in [5, 5.41) is 12.3. The van der Waals surface area contributed by atoms with Crippen molar-refractivity contribution in [3.8, 4) is 0 Å². The van der Waals surface area contributed by atoms with Gasteiger partial charge in [0.15, 0.2) is 0 Å². The third-order valence-electron chi connectivity index (χ3n) is 4.23. The highest BCUT2D eigenvalue weighted by Gasteiger charge is 2.22. The summed E-state index contributed by atoms with van der Waals surface area (Å²) in [7, 11) is 0. The van der Waals surface area contributed by atoms with Gasteiger partial charge in [-0.05, 0) is 49.9 Å². The third-order valence-corrected chi connectivity index (χ3v) is 4.97. The standard InChI is InChI=1S/C17H22Cl2N2O3/c18-14-5-4-13(10-15(14)19)20-17(24)16(23)6-3-12-2-1-7-21(11-12)8-9-22/h4-5,10,12,22H,1-3,6-9,11H2,(H,20,24). The molecule has 132 valence electrons. The summed E-state index contributed by atoms with van der Waals surface area (Å²) in [5.41, 5.74) is 0.453. The third kappa shape index (κ3) is 5.74. The molecule has 2 N–H and O–H groups in total. The number of aliphatic hydroxyl groups excluding tert-OH is 1. The van der Waals surface area contributed by atoms with Crippen molar-refractivity contribution >= 4 is 40.6 Å². The van der Waals surface area contributed by atoms with Gasteiger partial charge in [-0.3, -0.25) is 9.59 Å². The fraction of sp³-hybridized carbons (Fsp3) is 0.529. The zero-order valence-electron chi connectivity index (χ0n) is 13.4. The first-order chi connectivity index (χ1) is 11.5. The van der Waals surface area contributed by atoms with E-state index in [1.165, 1.54) is 6.07 Å². The number of β-amino-alcohol motifs (C(OH)–C–C–N with tert-alkyl or cyclic N) is 1. The van der Waals surface area contributed by atoms with Crippen LogP contribution in [0.5, 0.6) is 0 Å². The Morgan fingerprint density at radius 3 is 2.79 bits per heavy atom. The van der Waals surface area contributed by atoms with E-state index in [1.807, 2.05) is 0 Å². The van der Waals surface area contributed by atoms with Gasteiger partial charge in [0.05, 0.1) is 16.7 Å². The van der Waals surface area contributed by atoms with Crippen LogP contribution in [-0.4, -0.2) is 47.9 Å². The molecule has 2 rings (SSSR count). The first-order valence-electron chi connectivity index (χ1n) is 8.12. The highest BCUT2D eigenvalue weighted by Crippen LogP contribution is 2.25. The Labute approximate surface area is 151 Å². The predicted octanol–water partition coefficient (Wildman–Crippen LogP) is 2.99. The van der Waals surface area contributed by atoms with Crippen LogP contribution in [0.3, 0.4) is 0 Å². The van der Waals surface area contributed by atoms with Gasteiger partial charge in [-0.25, -0.2) is 0 Å². The number of amides is 1. The molecule has 0 bridgehead atoms. The Balaban J connectivity index is 1.79. The molecule has 0 aromatic heterocycles. The molecule has 1 saturated heterocycles. The number of anilines is 1. The molecule has 5 nitrogen and oxygen atoms in total. The number of ketones is 1. The highest BCUT2D eigenvalue weighted by molar-refractivity contribution is 6.43. The second-order valence-electron chi connectivity index (χ2n) is 6.08. The van der Waals surface area contributed by atoms with Crippen LogP contribution in [0.25, 0.3) is 0 Å². The lowest BCUT2D eigenvalue weighted by atomic mass is 9.92.